The summed E-state index contributed by atoms with van der Waals surface area (Å²) < 4.78 is 0. The van der Waals surface area contributed by atoms with Gasteiger partial charge in [-0.3, -0.25) is 0 Å². The molecule has 1 unspecified atom stereocenters. The van der Waals surface area contributed by atoms with E-state index in [-0.39, 0.29) is 6.61 Å². The predicted octanol–water partition coefficient (Wildman–Crippen LogP) is 3.00. The zero-order valence-corrected chi connectivity index (χ0v) is 10.7. The summed E-state index contributed by atoms with van der Waals surface area (Å²) in [6.07, 6.45) is 6.15. The van der Waals surface area contributed by atoms with Crippen LogP contribution in [0, 0.1) is 5.92 Å². The number of hydrogen-bond donors (Lipinski definition) is 2. The predicted molar refractivity (Wildman–Crippen MR) is 72.4 cm³/mol. The number of aliphatic hydroxyl groups is 1. The molecule has 2 N–H and O–H groups in total. The Morgan fingerprint density at radius 3 is 2.71 bits per heavy atom. The molecule has 0 fully saturated rings. The SMILES string of the molecule is CCC(CO)CNc1ccc2c(c1)CCCC2. The summed E-state index contributed by atoms with van der Waals surface area (Å²) in [4.78, 5) is 0. The van der Waals surface area contributed by atoms with Gasteiger partial charge >= 0.3 is 0 Å². The fourth-order valence-corrected chi connectivity index (χ4v) is 2.44. The second-order valence-corrected chi connectivity index (χ2v) is 5.03. The smallest absolute Gasteiger partial charge is 0.0475 e. The average Bonchev–Trinajstić information content (AvgIpc) is 2.40. The Morgan fingerprint density at radius 2 is 2.00 bits per heavy atom. The van der Waals surface area contributed by atoms with Crippen LogP contribution in [0.1, 0.15) is 37.3 Å². The minimum Gasteiger partial charge on any atom is -0.396 e. The highest BCUT2D eigenvalue weighted by atomic mass is 16.3. The first-order valence-corrected chi connectivity index (χ1v) is 6.80. The maximum absolute atomic E-state index is 9.16. The lowest BCUT2D eigenvalue weighted by Crippen LogP contribution is -2.17. The van der Waals surface area contributed by atoms with Gasteiger partial charge in [0.15, 0.2) is 0 Å². The molecule has 17 heavy (non-hydrogen) atoms. The normalized spacial score (nSPS) is 16.4. The molecule has 0 bridgehead atoms. The summed E-state index contributed by atoms with van der Waals surface area (Å²) in [6.45, 7) is 3.26. The van der Waals surface area contributed by atoms with Gasteiger partial charge < -0.3 is 10.4 Å². The Hall–Kier alpha value is -1.02. The molecule has 0 aromatic heterocycles. The molecule has 2 nitrogen and oxygen atoms in total. The first kappa shape index (κ1) is 12.4. The van der Waals surface area contributed by atoms with E-state index in [1.807, 2.05) is 0 Å². The van der Waals surface area contributed by atoms with Crippen molar-refractivity contribution < 1.29 is 5.11 Å². The largest absolute Gasteiger partial charge is 0.396 e. The van der Waals surface area contributed by atoms with Crippen LogP contribution in [-0.2, 0) is 12.8 Å². The fourth-order valence-electron chi connectivity index (χ4n) is 2.44. The van der Waals surface area contributed by atoms with Crippen LogP contribution in [-0.4, -0.2) is 18.3 Å². The molecule has 2 heteroatoms. The van der Waals surface area contributed by atoms with Crippen LogP contribution in [0.15, 0.2) is 18.2 Å². The second-order valence-electron chi connectivity index (χ2n) is 5.03. The lowest BCUT2D eigenvalue weighted by atomic mass is 9.91. The number of nitrogens with one attached hydrogen (secondary N) is 1. The van der Waals surface area contributed by atoms with Crippen LogP contribution in [0.2, 0.25) is 0 Å². The number of aryl methyl sites for hydroxylation is 2. The molecular weight excluding hydrogens is 210 g/mol. The van der Waals surface area contributed by atoms with E-state index >= 15 is 0 Å². The van der Waals surface area contributed by atoms with Crippen molar-refractivity contribution in [2.75, 3.05) is 18.5 Å². The van der Waals surface area contributed by atoms with Gasteiger partial charge in [-0.1, -0.05) is 13.0 Å². The zero-order valence-electron chi connectivity index (χ0n) is 10.7. The van der Waals surface area contributed by atoms with Crippen LogP contribution in [0.5, 0.6) is 0 Å². The Labute approximate surface area is 104 Å². The quantitative estimate of drug-likeness (QED) is 0.819. The van der Waals surface area contributed by atoms with Gasteiger partial charge in [-0.15, -0.1) is 0 Å². The monoisotopic (exact) mass is 233 g/mol. The molecule has 0 heterocycles. The lowest BCUT2D eigenvalue weighted by Gasteiger charge is -2.18. The van der Waals surface area contributed by atoms with Crippen molar-refractivity contribution in [1.82, 2.24) is 0 Å². The third-order valence-electron chi connectivity index (χ3n) is 3.78. The summed E-state index contributed by atoms with van der Waals surface area (Å²) in [5, 5.41) is 12.6. The molecule has 0 amide bonds. The lowest BCUT2D eigenvalue weighted by molar-refractivity contribution is 0.230. The maximum atomic E-state index is 9.16. The van der Waals surface area contributed by atoms with Crippen LogP contribution < -0.4 is 5.32 Å². The van der Waals surface area contributed by atoms with Crippen molar-refractivity contribution in [3.8, 4) is 0 Å². The molecule has 0 saturated carbocycles. The van der Waals surface area contributed by atoms with E-state index in [1.165, 1.54) is 42.5 Å². The van der Waals surface area contributed by atoms with Gasteiger partial charge in [0.05, 0.1) is 0 Å². The molecule has 2 rings (SSSR count). The van der Waals surface area contributed by atoms with Crippen LogP contribution in [0.3, 0.4) is 0 Å². The van der Waals surface area contributed by atoms with Crippen LogP contribution in [0.4, 0.5) is 5.69 Å². The Bertz CT molecular complexity index is 358. The van der Waals surface area contributed by atoms with Crippen LogP contribution in [0.25, 0.3) is 0 Å². The molecule has 0 radical (unpaired) electrons. The molecule has 0 spiro atoms. The fraction of sp³-hybridized carbons (Fsp3) is 0.600. The number of benzene rings is 1. The molecule has 0 saturated heterocycles. The first-order chi connectivity index (χ1) is 8.33. The van der Waals surface area contributed by atoms with E-state index in [2.05, 4.69) is 30.4 Å². The van der Waals surface area contributed by atoms with Crippen molar-refractivity contribution in [3.63, 3.8) is 0 Å². The van der Waals surface area contributed by atoms with Gasteiger partial charge in [0, 0.05) is 18.8 Å². The number of rotatable bonds is 5. The van der Waals surface area contributed by atoms with E-state index in [9.17, 15) is 0 Å². The van der Waals surface area contributed by atoms with E-state index in [1.54, 1.807) is 0 Å². The molecule has 1 aromatic carbocycles. The van der Waals surface area contributed by atoms with Crippen molar-refractivity contribution in [2.45, 2.75) is 39.0 Å². The van der Waals surface area contributed by atoms with Gasteiger partial charge in [0.25, 0.3) is 0 Å². The van der Waals surface area contributed by atoms with Crippen molar-refractivity contribution in [3.05, 3.63) is 29.3 Å². The Morgan fingerprint density at radius 1 is 1.24 bits per heavy atom. The van der Waals surface area contributed by atoms with Crippen LogP contribution >= 0.6 is 0 Å². The van der Waals surface area contributed by atoms with Gasteiger partial charge in [-0.05, 0) is 61.3 Å². The molecule has 94 valence electrons. The Kier molecular flexibility index (Phi) is 4.43. The van der Waals surface area contributed by atoms with Gasteiger partial charge in [0.2, 0.25) is 0 Å². The maximum Gasteiger partial charge on any atom is 0.0475 e. The van der Waals surface area contributed by atoms with E-state index in [0.29, 0.717) is 5.92 Å². The highest BCUT2D eigenvalue weighted by molar-refractivity contribution is 5.49. The van der Waals surface area contributed by atoms with Gasteiger partial charge in [0.1, 0.15) is 0 Å². The molecular formula is C15H23NO. The number of fused-ring (bicyclic) bond motifs is 1. The van der Waals surface area contributed by atoms with E-state index in [4.69, 9.17) is 5.11 Å². The summed E-state index contributed by atoms with van der Waals surface area (Å²) in [5.41, 5.74) is 4.24. The summed E-state index contributed by atoms with van der Waals surface area (Å²) in [5.74, 6) is 0.367. The highest BCUT2D eigenvalue weighted by Crippen LogP contribution is 2.24. The zero-order chi connectivity index (χ0) is 12.1. The third-order valence-corrected chi connectivity index (χ3v) is 3.78. The average molecular weight is 233 g/mol. The molecule has 1 aliphatic rings. The van der Waals surface area contributed by atoms with E-state index in [0.717, 1.165) is 13.0 Å². The summed E-state index contributed by atoms with van der Waals surface area (Å²) >= 11 is 0. The minimum absolute atomic E-state index is 0.272. The first-order valence-electron chi connectivity index (χ1n) is 6.80. The molecule has 1 atom stereocenters. The van der Waals surface area contributed by atoms with Gasteiger partial charge in [-0.2, -0.15) is 0 Å². The third kappa shape index (κ3) is 3.22. The standard InChI is InChI=1S/C15H23NO/c1-2-12(11-17)10-16-15-8-7-13-5-3-4-6-14(13)9-15/h7-9,12,16-17H,2-6,10-11H2,1H3. The minimum atomic E-state index is 0.272. The van der Waals surface area contributed by atoms with Crippen molar-refractivity contribution in [2.24, 2.45) is 5.92 Å². The second kappa shape index (κ2) is 6.06. The van der Waals surface area contributed by atoms with E-state index < -0.39 is 0 Å². The molecule has 0 aliphatic heterocycles. The number of anilines is 1. The topological polar surface area (TPSA) is 32.3 Å². The van der Waals surface area contributed by atoms with Crippen molar-refractivity contribution in [1.29, 1.82) is 0 Å². The molecule has 1 aliphatic carbocycles. The highest BCUT2D eigenvalue weighted by Gasteiger charge is 2.10. The summed E-state index contributed by atoms with van der Waals surface area (Å²) in [7, 11) is 0. The van der Waals surface area contributed by atoms with Gasteiger partial charge in [-0.25, -0.2) is 0 Å². The molecule has 1 aromatic rings. The Balaban J connectivity index is 1.97. The number of aliphatic hydroxyl groups excluding tert-OH is 1. The van der Waals surface area contributed by atoms with Crippen molar-refractivity contribution >= 4 is 5.69 Å². The summed E-state index contributed by atoms with van der Waals surface area (Å²) in [6, 6.07) is 6.73. The number of hydrogen-bond acceptors (Lipinski definition) is 2.